The third-order valence-electron chi connectivity index (χ3n) is 6.69. The molecule has 172 valence electrons. The fourth-order valence-corrected chi connectivity index (χ4v) is 4.58. The van der Waals surface area contributed by atoms with Crippen molar-refractivity contribution in [3.05, 3.63) is 77.1 Å². The lowest BCUT2D eigenvalue weighted by molar-refractivity contribution is -0.143. The average Bonchev–Trinajstić information content (AvgIpc) is 3.08. The van der Waals surface area contributed by atoms with E-state index in [4.69, 9.17) is 0 Å². The normalized spacial score (nSPS) is 17.0. The summed E-state index contributed by atoms with van der Waals surface area (Å²) in [4.78, 5) is 27.9. The standard InChI is InChI=1S/C27H32N4O2/c1-18(31-21(4)19(2)20(3)29-31)15-26(32)30-14-13-28-27(33)25(30)17-22-9-8-12-24(16-22)23-10-6-5-7-11-23/h5-12,16,18,25H,13-15,17H2,1-4H3,(H,28,33)/t18-,25-/m1/s1. The van der Waals surface area contributed by atoms with Crippen molar-refractivity contribution in [1.82, 2.24) is 20.0 Å². The largest absolute Gasteiger partial charge is 0.353 e. The molecule has 0 spiro atoms. The van der Waals surface area contributed by atoms with Gasteiger partial charge in [-0.05, 0) is 49.9 Å². The lowest BCUT2D eigenvalue weighted by Crippen LogP contribution is -2.58. The summed E-state index contributed by atoms with van der Waals surface area (Å²) in [5, 5.41) is 7.55. The van der Waals surface area contributed by atoms with Crippen molar-refractivity contribution >= 4 is 11.8 Å². The van der Waals surface area contributed by atoms with Gasteiger partial charge in [0.1, 0.15) is 6.04 Å². The van der Waals surface area contributed by atoms with Crippen LogP contribution in [0.4, 0.5) is 0 Å². The molecule has 33 heavy (non-hydrogen) atoms. The molecule has 0 saturated carbocycles. The van der Waals surface area contributed by atoms with Crippen LogP contribution in [0.3, 0.4) is 0 Å². The number of hydrogen-bond donors (Lipinski definition) is 1. The molecule has 1 saturated heterocycles. The van der Waals surface area contributed by atoms with E-state index in [1.807, 2.05) is 55.8 Å². The highest BCUT2D eigenvalue weighted by Crippen LogP contribution is 2.24. The van der Waals surface area contributed by atoms with Crippen LogP contribution in [0, 0.1) is 20.8 Å². The molecule has 3 aromatic rings. The minimum Gasteiger partial charge on any atom is -0.353 e. The first kappa shape index (κ1) is 22.8. The van der Waals surface area contributed by atoms with Gasteiger partial charge in [-0.25, -0.2) is 0 Å². The number of hydrogen-bond acceptors (Lipinski definition) is 3. The Morgan fingerprint density at radius 2 is 1.82 bits per heavy atom. The van der Waals surface area contributed by atoms with Gasteiger partial charge in [0, 0.05) is 31.6 Å². The van der Waals surface area contributed by atoms with E-state index in [0.29, 0.717) is 25.9 Å². The van der Waals surface area contributed by atoms with E-state index in [1.54, 1.807) is 4.90 Å². The van der Waals surface area contributed by atoms with Crippen molar-refractivity contribution in [2.24, 2.45) is 0 Å². The lowest BCUT2D eigenvalue weighted by atomic mass is 9.97. The quantitative estimate of drug-likeness (QED) is 0.625. The van der Waals surface area contributed by atoms with E-state index >= 15 is 0 Å². The molecule has 4 rings (SSSR count). The maximum atomic E-state index is 13.3. The van der Waals surface area contributed by atoms with Gasteiger partial charge in [-0.2, -0.15) is 5.10 Å². The zero-order valence-corrected chi connectivity index (χ0v) is 19.8. The van der Waals surface area contributed by atoms with Gasteiger partial charge in [0.05, 0.1) is 11.7 Å². The molecule has 2 amide bonds. The second-order valence-electron chi connectivity index (χ2n) is 8.96. The highest BCUT2D eigenvalue weighted by Gasteiger charge is 2.34. The minimum absolute atomic E-state index is 0.00762. The van der Waals surface area contributed by atoms with E-state index in [1.165, 1.54) is 0 Å². The third-order valence-corrected chi connectivity index (χ3v) is 6.69. The Morgan fingerprint density at radius 1 is 1.09 bits per heavy atom. The Morgan fingerprint density at radius 3 is 2.52 bits per heavy atom. The zero-order valence-electron chi connectivity index (χ0n) is 19.8. The molecule has 0 aliphatic carbocycles. The molecule has 1 aromatic heterocycles. The van der Waals surface area contributed by atoms with Crippen LogP contribution in [0.5, 0.6) is 0 Å². The van der Waals surface area contributed by atoms with Crippen LogP contribution in [-0.2, 0) is 16.0 Å². The molecule has 2 aromatic carbocycles. The van der Waals surface area contributed by atoms with E-state index in [2.05, 4.69) is 41.6 Å². The van der Waals surface area contributed by atoms with Gasteiger partial charge >= 0.3 is 0 Å². The molecule has 1 N–H and O–H groups in total. The summed E-state index contributed by atoms with van der Waals surface area (Å²) in [6, 6.07) is 17.8. The molecule has 1 fully saturated rings. The number of carbonyl (C=O) groups excluding carboxylic acids is 2. The van der Waals surface area contributed by atoms with Gasteiger partial charge in [0.15, 0.2) is 0 Å². The maximum absolute atomic E-state index is 13.3. The number of carbonyl (C=O) groups is 2. The molecule has 1 aliphatic heterocycles. The molecule has 1 aliphatic rings. The maximum Gasteiger partial charge on any atom is 0.243 e. The second-order valence-corrected chi connectivity index (χ2v) is 8.96. The fraction of sp³-hybridized carbons (Fsp3) is 0.370. The summed E-state index contributed by atoms with van der Waals surface area (Å²) in [7, 11) is 0. The first-order chi connectivity index (χ1) is 15.8. The molecular formula is C27H32N4O2. The highest BCUT2D eigenvalue weighted by molar-refractivity contribution is 5.89. The second kappa shape index (κ2) is 9.61. The molecule has 2 atom stereocenters. The SMILES string of the molecule is Cc1nn([C@H](C)CC(=O)N2CCNC(=O)[C@H]2Cc2cccc(-c3ccccc3)c2)c(C)c1C. The van der Waals surface area contributed by atoms with Gasteiger partial charge < -0.3 is 10.2 Å². The smallest absolute Gasteiger partial charge is 0.243 e. The summed E-state index contributed by atoms with van der Waals surface area (Å²) in [5.74, 6) is -0.0962. The summed E-state index contributed by atoms with van der Waals surface area (Å²) in [5.41, 5.74) is 6.50. The van der Waals surface area contributed by atoms with Crippen molar-refractivity contribution in [2.45, 2.75) is 52.6 Å². The van der Waals surface area contributed by atoms with E-state index in [-0.39, 0.29) is 17.9 Å². The zero-order chi connectivity index (χ0) is 23.5. The monoisotopic (exact) mass is 444 g/mol. The Kier molecular flexibility index (Phi) is 6.63. The molecule has 0 bridgehead atoms. The van der Waals surface area contributed by atoms with Crippen molar-refractivity contribution < 1.29 is 9.59 Å². The molecule has 0 unspecified atom stereocenters. The highest BCUT2D eigenvalue weighted by atomic mass is 16.2. The van der Waals surface area contributed by atoms with Gasteiger partial charge in [0.25, 0.3) is 0 Å². The minimum atomic E-state index is -0.508. The predicted octanol–water partition coefficient (Wildman–Crippen LogP) is 4.00. The number of nitrogens with zero attached hydrogens (tertiary/aromatic N) is 3. The number of rotatable bonds is 6. The van der Waals surface area contributed by atoms with Gasteiger partial charge in [-0.15, -0.1) is 0 Å². The topological polar surface area (TPSA) is 67.2 Å². The molecule has 6 nitrogen and oxygen atoms in total. The van der Waals surface area contributed by atoms with Crippen LogP contribution in [0.15, 0.2) is 54.6 Å². The first-order valence-electron chi connectivity index (χ1n) is 11.6. The lowest BCUT2D eigenvalue weighted by Gasteiger charge is -2.36. The first-order valence-corrected chi connectivity index (χ1v) is 11.6. The van der Waals surface area contributed by atoms with Crippen molar-refractivity contribution in [3.63, 3.8) is 0 Å². The number of aromatic nitrogens is 2. The van der Waals surface area contributed by atoms with Gasteiger partial charge in [-0.3, -0.25) is 14.3 Å². The van der Waals surface area contributed by atoms with Crippen LogP contribution in [0.2, 0.25) is 0 Å². The van der Waals surface area contributed by atoms with E-state index in [9.17, 15) is 9.59 Å². The number of piperazine rings is 1. The van der Waals surface area contributed by atoms with Crippen LogP contribution in [0.1, 0.15) is 41.9 Å². The molecule has 0 radical (unpaired) electrons. The van der Waals surface area contributed by atoms with Crippen molar-refractivity contribution in [1.29, 1.82) is 0 Å². The van der Waals surface area contributed by atoms with Crippen LogP contribution >= 0.6 is 0 Å². The van der Waals surface area contributed by atoms with Crippen LogP contribution in [-0.4, -0.2) is 45.6 Å². The Balaban J connectivity index is 1.51. The van der Waals surface area contributed by atoms with Gasteiger partial charge in [0.2, 0.25) is 11.8 Å². The number of nitrogens with one attached hydrogen (secondary N) is 1. The van der Waals surface area contributed by atoms with Crippen molar-refractivity contribution in [2.75, 3.05) is 13.1 Å². The number of benzene rings is 2. The average molecular weight is 445 g/mol. The Bertz CT molecular complexity index is 1150. The van der Waals surface area contributed by atoms with Crippen LogP contribution in [0.25, 0.3) is 11.1 Å². The van der Waals surface area contributed by atoms with Crippen LogP contribution < -0.4 is 5.32 Å². The number of amides is 2. The van der Waals surface area contributed by atoms with Gasteiger partial charge in [-0.1, -0.05) is 54.6 Å². The fourth-order valence-electron chi connectivity index (χ4n) is 4.58. The predicted molar refractivity (Wildman–Crippen MR) is 130 cm³/mol. The summed E-state index contributed by atoms with van der Waals surface area (Å²) in [6.07, 6.45) is 0.806. The molecular weight excluding hydrogens is 412 g/mol. The molecule has 6 heteroatoms. The summed E-state index contributed by atoms with van der Waals surface area (Å²) in [6.45, 7) is 9.10. The summed E-state index contributed by atoms with van der Waals surface area (Å²) < 4.78 is 1.94. The summed E-state index contributed by atoms with van der Waals surface area (Å²) >= 11 is 0. The Hall–Kier alpha value is -3.41. The Labute approximate surface area is 195 Å². The number of aryl methyl sites for hydroxylation is 1. The molecule has 2 heterocycles. The van der Waals surface area contributed by atoms with E-state index in [0.717, 1.165) is 33.6 Å². The van der Waals surface area contributed by atoms with Crippen molar-refractivity contribution in [3.8, 4) is 11.1 Å². The third kappa shape index (κ3) is 4.85. The van der Waals surface area contributed by atoms with E-state index < -0.39 is 6.04 Å².